The van der Waals surface area contributed by atoms with Gasteiger partial charge in [-0.2, -0.15) is 4.37 Å². The van der Waals surface area contributed by atoms with Crippen molar-refractivity contribution in [2.24, 2.45) is 0 Å². The van der Waals surface area contributed by atoms with Crippen molar-refractivity contribution in [2.45, 2.75) is 13.3 Å². The number of benzene rings is 1. The number of carbonyl (C=O) groups is 1. The van der Waals surface area contributed by atoms with Gasteiger partial charge < -0.3 is 4.90 Å². The van der Waals surface area contributed by atoms with Crippen molar-refractivity contribution in [1.29, 1.82) is 0 Å². The molecular weight excluding hydrogens is 258 g/mol. The van der Waals surface area contributed by atoms with E-state index in [1.807, 2.05) is 43.3 Å². The van der Waals surface area contributed by atoms with Crippen LogP contribution in [0.5, 0.6) is 0 Å². The molecule has 2 aromatic rings. The van der Waals surface area contributed by atoms with E-state index < -0.39 is 0 Å². The van der Waals surface area contributed by atoms with Crippen LogP contribution in [-0.4, -0.2) is 28.9 Å². The Kier molecular flexibility index (Phi) is 4.52. The number of nitrogens with one attached hydrogen (secondary N) is 1. The zero-order valence-electron chi connectivity index (χ0n) is 11.1. The number of nitrogens with zero attached hydrogens (tertiary/aromatic N) is 2. The number of amides is 2. The van der Waals surface area contributed by atoms with Gasteiger partial charge in [-0.25, -0.2) is 4.79 Å². The minimum atomic E-state index is -0.0925. The second kappa shape index (κ2) is 6.33. The third-order valence-corrected chi connectivity index (χ3v) is 3.42. The van der Waals surface area contributed by atoms with Crippen LogP contribution in [0.2, 0.25) is 0 Å². The van der Waals surface area contributed by atoms with Crippen LogP contribution in [0, 0.1) is 0 Å². The molecule has 19 heavy (non-hydrogen) atoms. The van der Waals surface area contributed by atoms with Gasteiger partial charge in [0.1, 0.15) is 5.00 Å². The fourth-order valence-electron chi connectivity index (χ4n) is 1.72. The van der Waals surface area contributed by atoms with E-state index in [0.29, 0.717) is 0 Å². The minimum Gasteiger partial charge on any atom is -0.328 e. The van der Waals surface area contributed by atoms with Crippen LogP contribution in [0.25, 0.3) is 11.3 Å². The molecule has 0 unspecified atom stereocenters. The van der Waals surface area contributed by atoms with E-state index in [0.717, 1.165) is 29.2 Å². The van der Waals surface area contributed by atoms with Gasteiger partial charge in [-0.1, -0.05) is 37.3 Å². The van der Waals surface area contributed by atoms with Crippen molar-refractivity contribution in [3.8, 4) is 11.3 Å². The van der Waals surface area contributed by atoms with E-state index in [9.17, 15) is 4.79 Å². The first-order valence-electron chi connectivity index (χ1n) is 6.25. The fraction of sp³-hybridized carbons (Fsp3) is 0.286. The van der Waals surface area contributed by atoms with Crippen molar-refractivity contribution in [2.75, 3.05) is 18.9 Å². The van der Waals surface area contributed by atoms with Gasteiger partial charge in [0.25, 0.3) is 0 Å². The molecular formula is C14H17N3OS. The lowest BCUT2D eigenvalue weighted by Crippen LogP contribution is -2.31. The predicted octanol–water partition coefficient (Wildman–Crippen LogP) is 3.68. The lowest BCUT2D eigenvalue weighted by atomic mass is 10.2. The third kappa shape index (κ3) is 3.54. The molecule has 0 bridgehead atoms. The van der Waals surface area contributed by atoms with Gasteiger partial charge >= 0.3 is 6.03 Å². The number of carbonyl (C=O) groups excluding carboxylic acids is 1. The van der Waals surface area contributed by atoms with Gasteiger partial charge in [-0.05, 0) is 18.0 Å². The molecule has 1 N–H and O–H groups in total. The van der Waals surface area contributed by atoms with E-state index in [4.69, 9.17) is 0 Å². The lowest BCUT2D eigenvalue weighted by Gasteiger charge is -2.15. The summed E-state index contributed by atoms with van der Waals surface area (Å²) in [5.41, 5.74) is 1.94. The Morgan fingerprint density at radius 2 is 2.11 bits per heavy atom. The molecule has 0 atom stereocenters. The van der Waals surface area contributed by atoms with Crippen molar-refractivity contribution in [1.82, 2.24) is 9.27 Å². The molecule has 5 heteroatoms. The molecule has 1 aromatic carbocycles. The molecule has 0 fully saturated rings. The first-order chi connectivity index (χ1) is 9.20. The van der Waals surface area contributed by atoms with Crippen LogP contribution in [-0.2, 0) is 0 Å². The van der Waals surface area contributed by atoms with Crippen LogP contribution in [0.15, 0.2) is 36.4 Å². The summed E-state index contributed by atoms with van der Waals surface area (Å²) in [6, 6.07) is 11.7. The maximum Gasteiger partial charge on any atom is 0.322 e. The number of urea groups is 1. The number of anilines is 1. The van der Waals surface area contributed by atoms with Crippen molar-refractivity contribution < 1.29 is 4.79 Å². The maximum absolute atomic E-state index is 11.8. The van der Waals surface area contributed by atoms with Gasteiger partial charge in [0.15, 0.2) is 0 Å². The molecule has 1 aromatic heterocycles. The molecule has 4 nitrogen and oxygen atoms in total. The first-order valence-corrected chi connectivity index (χ1v) is 7.02. The van der Waals surface area contributed by atoms with Gasteiger partial charge in [-0.3, -0.25) is 5.32 Å². The van der Waals surface area contributed by atoms with Crippen LogP contribution < -0.4 is 5.32 Å². The zero-order valence-corrected chi connectivity index (χ0v) is 11.9. The van der Waals surface area contributed by atoms with Gasteiger partial charge in [0.2, 0.25) is 0 Å². The Morgan fingerprint density at radius 3 is 2.79 bits per heavy atom. The quantitative estimate of drug-likeness (QED) is 0.925. The topological polar surface area (TPSA) is 45.2 Å². The molecule has 0 aliphatic carbocycles. The van der Waals surface area contributed by atoms with Gasteiger partial charge in [0.05, 0.1) is 5.69 Å². The highest BCUT2D eigenvalue weighted by atomic mass is 32.1. The molecule has 2 amide bonds. The monoisotopic (exact) mass is 275 g/mol. The summed E-state index contributed by atoms with van der Waals surface area (Å²) < 4.78 is 4.35. The molecule has 100 valence electrons. The summed E-state index contributed by atoms with van der Waals surface area (Å²) in [5.74, 6) is 0. The average Bonchev–Trinajstić information content (AvgIpc) is 2.88. The largest absolute Gasteiger partial charge is 0.328 e. The number of hydrogen-bond acceptors (Lipinski definition) is 3. The molecule has 0 radical (unpaired) electrons. The lowest BCUT2D eigenvalue weighted by molar-refractivity contribution is 0.222. The highest BCUT2D eigenvalue weighted by molar-refractivity contribution is 7.10. The van der Waals surface area contributed by atoms with E-state index in [-0.39, 0.29) is 6.03 Å². The minimum absolute atomic E-state index is 0.0925. The summed E-state index contributed by atoms with van der Waals surface area (Å²) in [7, 11) is 1.79. The highest BCUT2D eigenvalue weighted by Gasteiger charge is 2.10. The predicted molar refractivity (Wildman–Crippen MR) is 79.5 cm³/mol. The third-order valence-electron chi connectivity index (χ3n) is 2.72. The molecule has 0 saturated carbocycles. The molecule has 0 aliphatic heterocycles. The van der Waals surface area contributed by atoms with E-state index >= 15 is 0 Å². The van der Waals surface area contributed by atoms with Crippen molar-refractivity contribution in [3.05, 3.63) is 36.4 Å². The smallest absolute Gasteiger partial charge is 0.322 e. The Hall–Kier alpha value is -1.88. The summed E-state index contributed by atoms with van der Waals surface area (Å²) >= 11 is 1.30. The number of hydrogen-bond donors (Lipinski definition) is 1. The Balaban J connectivity index is 2.04. The maximum atomic E-state index is 11.8. The second-order valence-electron chi connectivity index (χ2n) is 4.29. The average molecular weight is 275 g/mol. The van der Waals surface area contributed by atoms with Crippen molar-refractivity contribution in [3.63, 3.8) is 0 Å². The normalized spacial score (nSPS) is 10.2. The summed E-state index contributed by atoms with van der Waals surface area (Å²) in [6.07, 6.45) is 0.946. The molecule has 0 saturated heterocycles. The van der Waals surface area contributed by atoms with E-state index in [1.54, 1.807) is 11.9 Å². The Morgan fingerprint density at radius 1 is 1.37 bits per heavy atom. The zero-order chi connectivity index (χ0) is 13.7. The van der Waals surface area contributed by atoms with Crippen LogP contribution in [0.4, 0.5) is 9.80 Å². The molecule has 1 heterocycles. The SMILES string of the molecule is CCCN(C)C(=O)Nc1cc(-c2ccccc2)ns1. The summed E-state index contributed by atoms with van der Waals surface area (Å²) in [6.45, 7) is 2.79. The molecule has 0 spiro atoms. The Labute approximate surface area is 117 Å². The molecule has 2 rings (SSSR count). The second-order valence-corrected chi connectivity index (χ2v) is 5.10. The highest BCUT2D eigenvalue weighted by Crippen LogP contribution is 2.25. The number of aromatic nitrogens is 1. The van der Waals surface area contributed by atoms with E-state index in [1.165, 1.54) is 11.5 Å². The van der Waals surface area contributed by atoms with Crippen LogP contribution in [0.3, 0.4) is 0 Å². The first kappa shape index (κ1) is 13.5. The summed E-state index contributed by atoms with van der Waals surface area (Å²) in [4.78, 5) is 13.5. The Bertz CT molecular complexity index is 539. The summed E-state index contributed by atoms with van der Waals surface area (Å²) in [5, 5.41) is 3.63. The van der Waals surface area contributed by atoms with Crippen LogP contribution >= 0.6 is 11.5 Å². The van der Waals surface area contributed by atoms with Crippen molar-refractivity contribution >= 4 is 22.6 Å². The molecule has 0 aliphatic rings. The van der Waals surface area contributed by atoms with Gasteiger partial charge in [-0.15, -0.1) is 0 Å². The fourth-order valence-corrected chi connectivity index (χ4v) is 2.37. The van der Waals surface area contributed by atoms with Crippen LogP contribution in [0.1, 0.15) is 13.3 Å². The van der Waals surface area contributed by atoms with E-state index in [2.05, 4.69) is 9.69 Å². The number of rotatable bonds is 4. The standard InChI is InChI=1S/C14H17N3OS/c1-3-9-17(2)14(18)15-13-10-12(16-19-13)11-7-5-4-6-8-11/h4-8,10H,3,9H2,1-2H3,(H,15,18). The van der Waals surface area contributed by atoms with Gasteiger partial charge in [0, 0.05) is 25.2 Å².